The molecule has 0 spiro atoms. The Morgan fingerprint density at radius 2 is 2.42 bits per heavy atom. The van der Waals surface area contributed by atoms with Crippen molar-refractivity contribution in [2.45, 2.75) is 52.2 Å². The van der Waals surface area contributed by atoms with Crippen LogP contribution in [0.5, 0.6) is 0 Å². The van der Waals surface area contributed by atoms with Gasteiger partial charge in [0.1, 0.15) is 0 Å². The van der Waals surface area contributed by atoms with Gasteiger partial charge in [0.15, 0.2) is 5.96 Å². The number of guanidine groups is 1. The quantitative estimate of drug-likeness (QED) is 0.524. The van der Waals surface area contributed by atoms with Crippen molar-refractivity contribution in [3.63, 3.8) is 0 Å². The molecule has 2 atom stereocenters. The van der Waals surface area contributed by atoms with Gasteiger partial charge in [-0.25, -0.2) is 4.98 Å². The molecule has 0 aliphatic carbocycles. The molecule has 0 radical (unpaired) electrons. The van der Waals surface area contributed by atoms with Crippen molar-refractivity contribution in [2.75, 3.05) is 32.9 Å². The van der Waals surface area contributed by atoms with Crippen molar-refractivity contribution in [1.29, 1.82) is 0 Å². The number of aryl methyl sites for hydroxylation is 1. The van der Waals surface area contributed by atoms with Gasteiger partial charge < -0.3 is 20.1 Å². The van der Waals surface area contributed by atoms with Crippen molar-refractivity contribution in [3.05, 3.63) is 16.1 Å². The van der Waals surface area contributed by atoms with Gasteiger partial charge in [0.2, 0.25) is 0 Å². The van der Waals surface area contributed by atoms with Crippen molar-refractivity contribution >= 4 is 17.3 Å². The highest BCUT2D eigenvalue weighted by atomic mass is 32.1. The molecule has 1 aromatic heterocycles. The van der Waals surface area contributed by atoms with Gasteiger partial charge in [0, 0.05) is 43.2 Å². The summed E-state index contributed by atoms with van der Waals surface area (Å²) in [7, 11) is 0. The molecule has 1 aliphatic heterocycles. The summed E-state index contributed by atoms with van der Waals surface area (Å²) in [6.45, 7) is 10.1. The SMILES string of the molecule is CCNC(=NCCc1ncc(CC)s1)NC(C)COC1CCOC1. The van der Waals surface area contributed by atoms with E-state index in [1.165, 1.54) is 4.88 Å². The van der Waals surface area contributed by atoms with E-state index >= 15 is 0 Å². The summed E-state index contributed by atoms with van der Waals surface area (Å²) in [6, 6.07) is 0.204. The lowest BCUT2D eigenvalue weighted by atomic mass is 10.3. The smallest absolute Gasteiger partial charge is 0.191 e. The van der Waals surface area contributed by atoms with Crippen molar-refractivity contribution in [3.8, 4) is 0 Å². The lowest BCUT2D eigenvalue weighted by Crippen LogP contribution is -2.44. The van der Waals surface area contributed by atoms with Gasteiger partial charge in [0.25, 0.3) is 0 Å². The molecule has 2 rings (SSSR count). The molecule has 1 fully saturated rings. The van der Waals surface area contributed by atoms with Crippen molar-refractivity contribution in [1.82, 2.24) is 15.6 Å². The standard InChI is InChI=1S/C17H30N4O2S/c1-4-15-10-20-16(24-15)6-8-19-17(18-5-2)21-13(3)11-23-14-7-9-22-12-14/h10,13-14H,4-9,11-12H2,1-3H3,(H2,18,19,21). The Bertz CT molecular complexity index is 501. The molecule has 2 N–H and O–H groups in total. The highest BCUT2D eigenvalue weighted by Gasteiger charge is 2.17. The van der Waals surface area contributed by atoms with Crippen LogP contribution >= 0.6 is 11.3 Å². The van der Waals surface area contributed by atoms with Gasteiger partial charge in [-0.15, -0.1) is 11.3 Å². The average Bonchev–Trinajstić information content (AvgIpc) is 3.24. The van der Waals surface area contributed by atoms with E-state index in [0.717, 1.165) is 49.9 Å². The van der Waals surface area contributed by atoms with Crippen LogP contribution in [0.25, 0.3) is 0 Å². The maximum atomic E-state index is 5.85. The fourth-order valence-electron chi connectivity index (χ4n) is 2.41. The summed E-state index contributed by atoms with van der Waals surface area (Å²) < 4.78 is 11.2. The third-order valence-corrected chi connectivity index (χ3v) is 4.94. The summed E-state index contributed by atoms with van der Waals surface area (Å²) in [5, 5.41) is 7.84. The van der Waals surface area contributed by atoms with Gasteiger partial charge in [0.05, 0.1) is 24.3 Å². The molecule has 2 unspecified atom stereocenters. The third kappa shape index (κ3) is 6.75. The Morgan fingerprint density at radius 1 is 1.54 bits per heavy atom. The predicted molar refractivity (Wildman–Crippen MR) is 98.9 cm³/mol. The molecular weight excluding hydrogens is 324 g/mol. The fraction of sp³-hybridized carbons (Fsp3) is 0.765. The largest absolute Gasteiger partial charge is 0.379 e. The van der Waals surface area contributed by atoms with E-state index < -0.39 is 0 Å². The highest BCUT2D eigenvalue weighted by molar-refractivity contribution is 7.11. The van der Waals surface area contributed by atoms with E-state index in [4.69, 9.17) is 9.47 Å². The van der Waals surface area contributed by atoms with Crippen LogP contribution in [0.3, 0.4) is 0 Å². The van der Waals surface area contributed by atoms with Crippen LogP contribution < -0.4 is 10.6 Å². The number of aliphatic imine (C=N–C) groups is 1. The number of thiazole rings is 1. The Balaban J connectivity index is 1.74. The molecule has 1 aromatic rings. The molecule has 0 saturated carbocycles. The maximum absolute atomic E-state index is 5.85. The van der Waals surface area contributed by atoms with Gasteiger partial charge in [-0.3, -0.25) is 4.99 Å². The van der Waals surface area contributed by atoms with Crippen LogP contribution in [-0.2, 0) is 22.3 Å². The van der Waals surface area contributed by atoms with Gasteiger partial charge in [-0.2, -0.15) is 0 Å². The van der Waals surface area contributed by atoms with Crippen molar-refractivity contribution < 1.29 is 9.47 Å². The summed E-state index contributed by atoms with van der Waals surface area (Å²) in [4.78, 5) is 10.4. The average molecular weight is 355 g/mol. The maximum Gasteiger partial charge on any atom is 0.191 e. The number of hydrogen-bond acceptors (Lipinski definition) is 5. The Hall–Kier alpha value is -1.18. The minimum atomic E-state index is 0.204. The zero-order valence-electron chi connectivity index (χ0n) is 15.0. The van der Waals surface area contributed by atoms with Crippen LogP contribution in [-0.4, -0.2) is 56.0 Å². The van der Waals surface area contributed by atoms with Crippen LogP contribution in [0.1, 0.15) is 37.1 Å². The molecule has 0 amide bonds. The molecule has 2 heterocycles. The second-order valence-corrected chi connectivity index (χ2v) is 7.15. The van der Waals surface area contributed by atoms with E-state index in [1.54, 1.807) is 11.3 Å². The van der Waals surface area contributed by atoms with E-state index in [9.17, 15) is 0 Å². The Labute approximate surface area is 149 Å². The second-order valence-electron chi connectivity index (χ2n) is 5.95. The summed E-state index contributed by atoms with van der Waals surface area (Å²) in [5.74, 6) is 0.837. The first-order valence-corrected chi connectivity index (χ1v) is 9.70. The molecule has 1 aliphatic rings. The Kier molecular flexibility index (Phi) is 8.49. The first kappa shape index (κ1) is 19.1. The van der Waals surface area contributed by atoms with Crippen LogP contribution in [0.4, 0.5) is 0 Å². The van der Waals surface area contributed by atoms with Gasteiger partial charge >= 0.3 is 0 Å². The molecule has 7 heteroatoms. The molecule has 6 nitrogen and oxygen atoms in total. The fourth-order valence-corrected chi connectivity index (χ4v) is 3.26. The minimum Gasteiger partial charge on any atom is -0.379 e. The molecule has 0 aromatic carbocycles. The van der Waals surface area contributed by atoms with E-state index in [2.05, 4.69) is 41.4 Å². The number of nitrogens with zero attached hydrogens (tertiary/aromatic N) is 2. The lowest BCUT2D eigenvalue weighted by molar-refractivity contribution is 0.0347. The molecule has 136 valence electrons. The van der Waals surface area contributed by atoms with Crippen molar-refractivity contribution in [2.24, 2.45) is 4.99 Å². The summed E-state index contributed by atoms with van der Waals surface area (Å²) in [5.41, 5.74) is 0. The molecule has 24 heavy (non-hydrogen) atoms. The number of rotatable bonds is 9. The zero-order valence-corrected chi connectivity index (χ0v) is 15.8. The predicted octanol–water partition coefficient (Wildman–Crippen LogP) is 2.00. The number of aromatic nitrogens is 1. The van der Waals surface area contributed by atoms with E-state index in [1.807, 2.05) is 6.20 Å². The topological polar surface area (TPSA) is 67.8 Å². The second kappa shape index (κ2) is 10.6. The number of nitrogens with one attached hydrogen (secondary N) is 2. The van der Waals surface area contributed by atoms with Crippen LogP contribution in [0, 0.1) is 0 Å². The monoisotopic (exact) mass is 354 g/mol. The Morgan fingerprint density at radius 3 is 3.08 bits per heavy atom. The van der Waals surface area contributed by atoms with Crippen LogP contribution in [0.15, 0.2) is 11.2 Å². The molecule has 0 bridgehead atoms. The van der Waals surface area contributed by atoms with E-state index in [0.29, 0.717) is 13.2 Å². The van der Waals surface area contributed by atoms with E-state index in [-0.39, 0.29) is 12.1 Å². The first-order valence-electron chi connectivity index (χ1n) is 8.89. The van der Waals surface area contributed by atoms with Crippen LogP contribution in [0.2, 0.25) is 0 Å². The normalized spacial score (nSPS) is 19.5. The number of hydrogen-bond donors (Lipinski definition) is 2. The summed E-state index contributed by atoms with van der Waals surface area (Å²) >= 11 is 1.78. The minimum absolute atomic E-state index is 0.204. The third-order valence-electron chi connectivity index (χ3n) is 3.74. The van der Waals surface area contributed by atoms with Gasteiger partial charge in [-0.1, -0.05) is 6.92 Å². The number of ether oxygens (including phenoxy) is 2. The first-order chi connectivity index (χ1) is 11.7. The highest BCUT2D eigenvalue weighted by Crippen LogP contribution is 2.13. The lowest BCUT2D eigenvalue weighted by Gasteiger charge is -2.19. The van der Waals surface area contributed by atoms with Gasteiger partial charge in [-0.05, 0) is 26.7 Å². The zero-order chi connectivity index (χ0) is 17.2. The molecule has 1 saturated heterocycles. The summed E-state index contributed by atoms with van der Waals surface area (Å²) in [6.07, 6.45) is 5.14. The molecular formula is C17H30N4O2S.